The number of carbonyl (C=O) groups is 1. The monoisotopic (exact) mass is 739 g/mol. The zero-order valence-electron chi connectivity index (χ0n) is 30.5. The molecule has 1 atom stereocenters. The van der Waals surface area contributed by atoms with Crippen molar-refractivity contribution in [3.8, 4) is 16.9 Å². The molecule has 3 aromatic carbocycles. The maximum Gasteiger partial charge on any atom is 0.352 e. The van der Waals surface area contributed by atoms with Gasteiger partial charge in [-0.25, -0.2) is 9.18 Å². The number of nitrogens with zero attached hydrogens (tertiary/aromatic N) is 5. The largest absolute Gasteiger partial charge is 0.493 e. The van der Waals surface area contributed by atoms with E-state index in [4.69, 9.17) is 36.0 Å². The van der Waals surface area contributed by atoms with Gasteiger partial charge in [-0.1, -0.05) is 17.7 Å². The second-order valence-corrected chi connectivity index (χ2v) is 14.8. The van der Waals surface area contributed by atoms with Crippen LogP contribution in [-0.4, -0.2) is 62.1 Å². The minimum Gasteiger partial charge on any atom is -0.493 e. The fourth-order valence-electron chi connectivity index (χ4n) is 8.44. The van der Waals surface area contributed by atoms with E-state index in [0.29, 0.717) is 81.5 Å². The fraction of sp³-hybridized carbons (Fsp3) is 0.390. The van der Waals surface area contributed by atoms with E-state index in [2.05, 4.69) is 13.0 Å². The molecule has 0 spiro atoms. The molecule has 0 aliphatic carbocycles. The van der Waals surface area contributed by atoms with Crippen LogP contribution in [0.3, 0.4) is 0 Å². The maximum absolute atomic E-state index is 14.5. The first-order chi connectivity index (χ1) is 25.6. The van der Waals surface area contributed by atoms with Crippen molar-refractivity contribution in [3.63, 3.8) is 0 Å². The lowest BCUT2D eigenvalue weighted by atomic mass is 9.86. The highest BCUT2D eigenvalue weighted by atomic mass is 35.5. The predicted molar refractivity (Wildman–Crippen MR) is 202 cm³/mol. The zero-order valence-corrected chi connectivity index (χ0v) is 31.2. The summed E-state index contributed by atoms with van der Waals surface area (Å²) in [6.07, 6.45) is 3.23. The topological polar surface area (TPSA) is 106 Å². The molecule has 8 rings (SSSR count). The third-order valence-corrected chi connectivity index (χ3v) is 11.2. The lowest BCUT2D eigenvalue weighted by molar-refractivity contribution is -0.0719. The van der Waals surface area contributed by atoms with Crippen molar-refractivity contribution in [1.82, 2.24) is 24.1 Å². The average Bonchev–Trinajstić information content (AvgIpc) is 3.77. The van der Waals surface area contributed by atoms with Gasteiger partial charge in [0.05, 0.1) is 50.0 Å². The smallest absolute Gasteiger partial charge is 0.352 e. The number of aromatic carboxylic acids is 1. The molecule has 53 heavy (non-hydrogen) atoms. The number of halogens is 2. The van der Waals surface area contributed by atoms with Crippen LogP contribution < -0.4 is 4.74 Å². The van der Waals surface area contributed by atoms with Crippen molar-refractivity contribution < 1.29 is 28.5 Å². The summed E-state index contributed by atoms with van der Waals surface area (Å²) in [5.74, 6) is -0.651. The van der Waals surface area contributed by atoms with Crippen LogP contribution in [-0.2, 0) is 54.0 Å². The third kappa shape index (κ3) is 6.28. The number of aryl methyl sites for hydroxylation is 6. The maximum atomic E-state index is 14.5. The molecule has 8 bridgehead atoms. The van der Waals surface area contributed by atoms with Gasteiger partial charge in [0.1, 0.15) is 22.9 Å². The number of fused-ring (bicyclic) bond motifs is 7. The Morgan fingerprint density at radius 1 is 1.04 bits per heavy atom. The molecule has 0 amide bonds. The van der Waals surface area contributed by atoms with Gasteiger partial charge in [-0.05, 0) is 112 Å². The normalized spacial score (nSPS) is 17.8. The van der Waals surface area contributed by atoms with Crippen LogP contribution in [0.4, 0.5) is 4.39 Å². The molecule has 0 saturated carbocycles. The SMILES string of the molecule is COCCn1nc2cc1CCc1cc(c3ccc(F)cc3c1)OCCCn1c(C(=O)O)c(C)c3c(c(Cl)ccc31)-c1c(C)nn3c1[C@](C)(CC2)OCC3. The van der Waals surface area contributed by atoms with Gasteiger partial charge >= 0.3 is 5.97 Å². The number of aromatic nitrogens is 5. The van der Waals surface area contributed by atoms with E-state index in [1.807, 2.05) is 52.0 Å². The summed E-state index contributed by atoms with van der Waals surface area (Å²) in [6, 6.07) is 14.7. The summed E-state index contributed by atoms with van der Waals surface area (Å²) in [4.78, 5) is 12.9. The quantitative estimate of drug-likeness (QED) is 0.195. The molecule has 276 valence electrons. The predicted octanol–water partition coefficient (Wildman–Crippen LogP) is 8.05. The summed E-state index contributed by atoms with van der Waals surface area (Å²) >= 11 is 7.12. The van der Waals surface area contributed by atoms with E-state index in [-0.39, 0.29) is 11.5 Å². The van der Waals surface area contributed by atoms with Crippen LogP contribution >= 0.6 is 11.6 Å². The molecule has 6 aromatic rings. The van der Waals surface area contributed by atoms with Gasteiger partial charge in [0.2, 0.25) is 0 Å². The summed E-state index contributed by atoms with van der Waals surface area (Å²) in [7, 11) is 1.69. The third-order valence-electron chi connectivity index (χ3n) is 10.9. The molecule has 10 nitrogen and oxygen atoms in total. The van der Waals surface area contributed by atoms with Crippen LogP contribution in [0.5, 0.6) is 5.75 Å². The van der Waals surface area contributed by atoms with Crippen molar-refractivity contribution >= 4 is 39.2 Å². The van der Waals surface area contributed by atoms with Crippen LogP contribution in [0.2, 0.25) is 5.02 Å². The summed E-state index contributed by atoms with van der Waals surface area (Å²) < 4.78 is 38.9. The molecule has 12 heteroatoms. The fourth-order valence-corrected chi connectivity index (χ4v) is 8.70. The Morgan fingerprint density at radius 2 is 1.89 bits per heavy atom. The summed E-state index contributed by atoms with van der Waals surface area (Å²) in [5.41, 5.74) is 7.35. The second-order valence-electron chi connectivity index (χ2n) is 14.4. The lowest BCUT2D eigenvalue weighted by Gasteiger charge is -2.36. The second kappa shape index (κ2) is 13.9. The Hall–Kier alpha value is -4.71. The minimum atomic E-state index is -1.01. The van der Waals surface area contributed by atoms with E-state index >= 15 is 0 Å². The highest BCUT2D eigenvalue weighted by molar-refractivity contribution is 6.35. The van der Waals surface area contributed by atoms with E-state index in [0.717, 1.165) is 67.6 Å². The Kier molecular flexibility index (Phi) is 9.28. The highest BCUT2D eigenvalue weighted by Crippen LogP contribution is 2.47. The van der Waals surface area contributed by atoms with Crippen molar-refractivity contribution in [2.75, 3.05) is 26.9 Å². The molecule has 0 saturated heterocycles. The number of benzene rings is 3. The summed E-state index contributed by atoms with van der Waals surface area (Å²) in [5, 5.41) is 23.5. The lowest BCUT2D eigenvalue weighted by Crippen LogP contribution is -2.37. The average molecular weight is 740 g/mol. The van der Waals surface area contributed by atoms with Gasteiger partial charge in [-0.2, -0.15) is 10.2 Å². The number of carboxylic acids is 1. The van der Waals surface area contributed by atoms with Crippen LogP contribution in [0.25, 0.3) is 32.8 Å². The van der Waals surface area contributed by atoms with Gasteiger partial charge < -0.3 is 23.9 Å². The van der Waals surface area contributed by atoms with Gasteiger partial charge in [0, 0.05) is 51.8 Å². The van der Waals surface area contributed by atoms with Gasteiger partial charge in [0.25, 0.3) is 0 Å². The Bertz CT molecular complexity index is 2400. The van der Waals surface area contributed by atoms with Crippen molar-refractivity contribution in [2.45, 2.75) is 78.1 Å². The Labute approximate surface area is 312 Å². The molecule has 2 aliphatic heterocycles. The Balaban J connectivity index is 1.30. The number of carboxylic acid groups (broad SMARTS) is 1. The van der Waals surface area contributed by atoms with Gasteiger partial charge in [-0.15, -0.1) is 0 Å². The first-order valence-electron chi connectivity index (χ1n) is 18.2. The van der Waals surface area contributed by atoms with Crippen LogP contribution in [0.15, 0.2) is 48.5 Å². The molecule has 0 radical (unpaired) electrons. The van der Waals surface area contributed by atoms with Gasteiger partial charge in [0.15, 0.2) is 0 Å². The van der Waals surface area contributed by atoms with Crippen molar-refractivity contribution in [1.29, 1.82) is 0 Å². The highest BCUT2D eigenvalue weighted by Gasteiger charge is 2.40. The Morgan fingerprint density at radius 3 is 2.70 bits per heavy atom. The number of ether oxygens (including phenoxy) is 3. The van der Waals surface area contributed by atoms with Crippen molar-refractivity contribution in [3.05, 3.63) is 99.0 Å². The van der Waals surface area contributed by atoms with Crippen LogP contribution in [0, 0.1) is 19.7 Å². The van der Waals surface area contributed by atoms with Crippen LogP contribution in [0.1, 0.15) is 64.2 Å². The van der Waals surface area contributed by atoms with E-state index in [9.17, 15) is 14.3 Å². The standard InChI is InChI=1S/C41H43ClFN5O5/c1-24-35-33-11-10-32(42)37(35)36-25(2)44-48-16-19-53-41(3,39(36)48)13-12-29-23-30(47(45-29)15-18-51-4)8-6-26-20-27-22-28(43)7-9-31(27)34(21-26)52-17-5-14-46(33)38(24)40(49)50/h7,9-11,20-23H,5-6,8,12-19H2,1-4H3,(H,49,50)/t41-/m0/s1. The number of rotatable bonds is 4. The van der Waals surface area contributed by atoms with Gasteiger partial charge in [-0.3, -0.25) is 9.36 Å². The molecular formula is C41H43ClFN5O5. The van der Waals surface area contributed by atoms with E-state index in [1.165, 1.54) is 12.1 Å². The first kappa shape index (κ1) is 35.3. The molecular weight excluding hydrogens is 697 g/mol. The number of methoxy groups -OCH3 is 1. The molecule has 2 aliphatic rings. The van der Waals surface area contributed by atoms with E-state index in [1.54, 1.807) is 13.2 Å². The summed E-state index contributed by atoms with van der Waals surface area (Å²) in [6.45, 7) is 8.92. The molecule has 1 N–H and O–H groups in total. The molecule has 3 aromatic heterocycles. The van der Waals surface area contributed by atoms with E-state index < -0.39 is 11.6 Å². The first-order valence-corrected chi connectivity index (χ1v) is 18.6. The molecule has 0 unspecified atom stereocenters. The zero-order chi connectivity index (χ0) is 37.0. The molecule has 0 fully saturated rings. The minimum absolute atomic E-state index is 0.214. The number of hydrogen-bond donors (Lipinski definition) is 1. The molecule has 5 heterocycles. The number of hydrogen-bond acceptors (Lipinski definition) is 6. The van der Waals surface area contributed by atoms with Crippen molar-refractivity contribution in [2.24, 2.45) is 0 Å².